The second kappa shape index (κ2) is 6.95. The number of nitrogens with zero attached hydrogens (tertiary/aromatic N) is 1. The van der Waals surface area contributed by atoms with Crippen molar-refractivity contribution in [2.24, 2.45) is 0 Å². The van der Waals surface area contributed by atoms with Gasteiger partial charge in [0.2, 0.25) is 5.88 Å². The Hall–Kier alpha value is -2.27. The number of carbonyl (C=O) groups excluding carboxylic acids is 1. The number of methoxy groups -OCH3 is 1. The number of halogens is 1. The molecule has 1 amide bonds. The van der Waals surface area contributed by atoms with Crippen molar-refractivity contribution in [2.75, 3.05) is 19.0 Å². The highest BCUT2D eigenvalue weighted by Crippen LogP contribution is 2.27. The van der Waals surface area contributed by atoms with Gasteiger partial charge in [-0.25, -0.2) is 4.98 Å². The number of amides is 1. The first-order valence-corrected chi connectivity index (χ1v) is 6.76. The summed E-state index contributed by atoms with van der Waals surface area (Å²) < 4.78 is 10.4. The maximum absolute atomic E-state index is 12.3. The van der Waals surface area contributed by atoms with Gasteiger partial charge in [0.25, 0.3) is 5.91 Å². The summed E-state index contributed by atoms with van der Waals surface area (Å²) >= 11 is 6.03. The molecule has 110 valence electrons. The van der Waals surface area contributed by atoms with E-state index in [0.717, 1.165) is 0 Å². The second-order valence-electron chi connectivity index (χ2n) is 4.09. The molecule has 0 aliphatic rings. The third kappa shape index (κ3) is 3.64. The molecule has 0 saturated carbocycles. The monoisotopic (exact) mass is 306 g/mol. The molecule has 1 N–H and O–H groups in total. The van der Waals surface area contributed by atoms with Crippen molar-refractivity contribution in [3.8, 4) is 11.6 Å². The molecule has 0 aliphatic carbocycles. The lowest BCUT2D eigenvalue weighted by molar-refractivity contribution is 0.102. The Bertz CT molecular complexity index is 647. The van der Waals surface area contributed by atoms with Crippen LogP contribution in [0.4, 0.5) is 5.69 Å². The van der Waals surface area contributed by atoms with Gasteiger partial charge in [0.05, 0.1) is 18.7 Å². The van der Waals surface area contributed by atoms with E-state index in [9.17, 15) is 4.79 Å². The first-order chi connectivity index (χ1) is 10.2. The van der Waals surface area contributed by atoms with Gasteiger partial charge in [-0.3, -0.25) is 4.79 Å². The maximum atomic E-state index is 12.3. The molecule has 0 fully saturated rings. The fraction of sp³-hybridized carbons (Fsp3) is 0.200. The van der Waals surface area contributed by atoms with Crippen LogP contribution in [0.5, 0.6) is 11.6 Å². The van der Waals surface area contributed by atoms with Crippen LogP contribution in [-0.4, -0.2) is 24.6 Å². The van der Waals surface area contributed by atoms with Gasteiger partial charge in [0.1, 0.15) is 11.3 Å². The summed E-state index contributed by atoms with van der Waals surface area (Å²) in [6.45, 7) is 2.27. The van der Waals surface area contributed by atoms with E-state index in [2.05, 4.69) is 10.3 Å². The largest absolute Gasteiger partial charge is 0.495 e. The molecule has 1 aromatic heterocycles. The molecule has 0 atom stereocenters. The lowest BCUT2D eigenvalue weighted by Gasteiger charge is -2.10. The van der Waals surface area contributed by atoms with Crippen molar-refractivity contribution in [3.05, 3.63) is 47.1 Å². The van der Waals surface area contributed by atoms with Crippen LogP contribution < -0.4 is 14.8 Å². The van der Waals surface area contributed by atoms with Gasteiger partial charge in [0, 0.05) is 11.9 Å². The Labute approximate surface area is 127 Å². The average molecular weight is 307 g/mol. The molecule has 1 heterocycles. The SMILES string of the molecule is CCOc1ncccc1C(=O)Nc1ccc(OC)c(Cl)c1. The van der Waals surface area contributed by atoms with Gasteiger partial charge in [-0.1, -0.05) is 11.6 Å². The minimum absolute atomic E-state index is 0.303. The summed E-state index contributed by atoms with van der Waals surface area (Å²) in [4.78, 5) is 16.3. The van der Waals surface area contributed by atoms with Crippen LogP contribution in [0.3, 0.4) is 0 Å². The Balaban J connectivity index is 2.20. The van der Waals surface area contributed by atoms with E-state index in [0.29, 0.717) is 34.5 Å². The van der Waals surface area contributed by atoms with E-state index in [1.165, 1.54) is 7.11 Å². The molecule has 0 spiro atoms. The minimum Gasteiger partial charge on any atom is -0.495 e. The van der Waals surface area contributed by atoms with Crippen molar-refractivity contribution in [2.45, 2.75) is 6.92 Å². The summed E-state index contributed by atoms with van der Waals surface area (Å²) in [6.07, 6.45) is 1.58. The van der Waals surface area contributed by atoms with Crippen molar-refractivity contribution in [1.82, 2.24) is 4.98 Å². The van der Waals surface area contributed by atoms with Crippen molar-refractivity contribution in [1.29, 1.82) is 0 Å². The van der Waals surface area contributed by atoms with Gasteiger partial charge in [-0.05, 0) is 37.3 Å². The second-order valence-corrected chi connectivity index (χ2v) is 4.50. The first kappa shape index (κ1) is 15.1. The van der Waals surface area contributed by atoms with Gasteiger partial charge in [-0.2, -0.15) is 0 Å². The Morgan fingerprint density at radius 2 is 2.19 bits per heavy atom. The standard InChI is InChI=1S/C15H15ClN2O3/c1-3-21-15-11(5-4-8-17-15)14(19)18-10-6-7-13(20-2)12(16)9-10/h4-9H,3H2,1-2H3,(H,18,19). The number of carbonyl (C=O) groups is 1. The van der Waals surface area contributed by atoms with Crippen LogP contribution in [0.25, 0.3) is 0 Å². The minimum atomic E-state index is -0.312. The zero-order valence-corrected chi connectivity index (χ0v) is 12.5. The number of pyridine rings is 1. The van der Waals surface area contributed by atoms with Crippen LogP contribution in [0.2, 0.25) is 5.02 Å². The summed E-state index contributed by atoms with van der Waals surface area (Å²) in [5, 5.41) is 3.17. The molecule has 0 aliphatic heterocycles. The maximum Gasteiger partial charge on any atom is 0.261 e. The fourth-order valence-corrected chi connectivity index (χ4v) is 2.02. The highest BCUT2D eigenvalue weighted by Gasteiger charge is 2.14. The van der Waals surface area contributed by atoms with E-state index in [-0.39, 0.29) is 5.91 Å². The van der Waals surface area contributed by atoms with E-state index >= 15 is 0 Å². The topological polar surface area (TPSA) is 60.5 Å². The third-order valence-corrected chi connectivity index (χ3v) is 3.00. The average Bonchev–Trinajstić information content (AvgIpc) is 2.48. The summed E-state index contributed by atoms with van der Waals surface area (Å²) in [5.41, 5.74) is 0.934. The fourth-order valence-electron chi connectivity index (χ4n) is 1.76. The molecular weight excluding hydrogens is 292 g/mol. The third-order valence-electron chi connectivity index (χ3n) is 2.71. The number of rotatable bonds is 5. The van der Waals surface area contributed by atoms with Crippen molar-refractivity contribution < 1.29 is 14.3 Å². The molecule has 2 rings (SSSR count). The summed E-state index contributed by atoms with van der Waals surface area (Å²) in [6, 6.07) is 8.34. The molecule has 21 heavy (non-hydrogen) atoms. The predicted octanol–water partition coefficient (Wildman–Crippen LogP) is 3.39. The van der Waals surface area contributed by atoms with Gasteiger partial charge in [0.15, 0.2) is 0 Å². The molecule has 0 saturated heterocycles. The smallest absolute Gasteiger partial charge is 0.261 e. The molecule has 2 aromatic rings. The van der Waals surface area contributed by atoms with Crippen LogP contribution in [0.1, 0.15) is 17.3 Å². The quantitative estimate of drug-likeness (QED) is 0.919. The number of hydrogen-bond acceptors (Lipinski definition) is 4. The van der Waals surface area contributed by atoms with E-state index in [4.69, 9.17) is 21.1 Å². The molecular formula is C15H15ClN2O3. The molecule has 0 bridgehead atoms. The van der Waals surface area contributed by atoms with E-state index in [1.807, 2.05) is 6.92 Å². The van der Waals surface area contributed by atoms with Crippen LogP contribution >= 0.6 is 11.6 Å². The number of nitrogens with one attached hydrogen (secondary N) is 1. The van der Waals surface area contributed by atoms with E-state index < -0.39 is 0 Å². The summed E-state index contributed by atoms with van der Waals surface area (Å²) in [7, 11) is 1.53. The number of hydrogen-bond donors (Lipinski definition) is 1. The Morgan fingerprint density at radius 1 is 1.38 bits per heavy atom. The number of aromatic nitrogens is 1. The van der Waals surface area contributed by atoms with E-state index in [1.54, 1.807) is 36.5 Å². The molecule has 6 heteroatoms. The number of benzene rings is 1. The van der Waals surface area contributed by atoms with Crippen LogP contribution in [0.15, 0.2) is 36.5 Å². The van der Waals surface area contributed by atoms with Crippen LogP contribution in [0, 0.1) is 0 Å². The normalized spacial score (nSPS) is 10.0. The van der Waals surface area contributed by atoms with Gasteiger partial charge in [-0.15, -0.1) is 0 Å². The lowest BCUT2D eigenvalue weighted by atomic mass is 10.2. The van der Waals surface area contributed by atoms with Gasteiger partial charge >= 0.3 is 0 Å². The van der Waals surface area contributed by atoms with Gasteiger partial charge < -0.3 is 14.8 Å². The molecule has 0 radical (unpaired) electrons. The lowest BCUT2D eigenvalue weighted by Crippen LogP contribution is -2.14. The Morgan fingerprint density at radius 3 is 2.86 bits per heavy atom. The number of ether oxygens (including phenoxy) is 2. The van der Waals surface area contributed by atoms with Crippen LogP contribution in [-0.2, 0) is 0 Å². The molecule has 1 aromatic carbocycles. The predicted molar refractivity (Wildman–Crippen MR) is 81.4 cm³/mol. The highest BCUT2D eigenvalue weighted by atomic mass is 35.5. The molecule has 0 unspecified atom stereocenters. The summed E-state index contributed by atoms with van der Waals surface area (Å²) in [5.74, 6) is 0.538. The number of anilines is 1. The molecule has 5 nitrogen and oxygen atoms in total. The van der Waals surface area contributed by atoms with Crippen molar-refractivity contribution in [3.63, 3.8) is 0 Å². The zero-order valence-electron chi connectivity index (χ0n) is 11.7. The zero-order chi connectivity index (χ0) is 15.2. The highest BCUT2D eigenvalue weighted by molar-refractivity contribution is 6.32. The Kier molecular flexibility index (Phi) is 5.00. The van der Waals surface area contributed by atoms with Crippen molar-refractivity contribution >= 4 is 23.2 Å². The first-order valence-electron chi connectivity index (χ1n) is 6.38.